The largest absolute Gasteiger partial charge is 0.383 e. The Balaban J connectivity index is 1.21. The van der Waals surface area contributed by atoms with Crippen molar-refractivity contribution < 1.29 is 9.37 Å². The van der Waals surface area contributed by atoms with Crippen molar-refractivity contribution in [2.75, 3.05) is 29.9 Å². The summed E-state index contributed by atoms with van der Waals surface area (Å²) in [5.74, 6) is 1.17. The number of nitrogens with one attached hydrogen (secondary N) is 2. The Morgan fingerprint density at radius 1 is 1.06 bits per heavy atom. The molecule has 1 amide bonds. The van der Waals surface area contributed by atoms with Crippen LogP contribution in [0.2, 0.25) is 0 Å². The number of pyridine rings is 2. The van der Waals surface area contributed by atoms with Gasteiger partial charge in [-0.05, 0) is 42.0 Å². The maximum absolute atomic E-state index is 11.5. The average Bonchev–Trinajstić information content (AvgIpc) is 3.60. The zero-order valence-electron chi connectivity index (χ0n) is 19.7. The summed E-state index contributed by atoms with van der Waals surface area (Å²) in [6.45, 7) is 3.69. The summed E-state index contributed by atoms with van der Waals surface area (Å²) in [5.41, 5.74) is 5.66. The minimum atomic E-state index is 0.0691. The second kappa shape index (κ2) is 9.06. The molecule has 0 unspecified atom stereocenters. The Bertz CT molecular complexity index is 1570. The highest BCUT2D eigenvalue weighted by Crippen LogP contribution is 2.25. The molecule has 5 aromatic heterocycles. The fourth-order valence-electron chi connectivity index (χ4n) is 4.30. The van der Waals surface area contributed by atoms with Gasteiger partial charge in [-0.1, -0.05) is 0 Å². The SMILES string of the molecule is CC(=O)[N+]1=CCN(c2ccc(Nc3nccc(-c4cnc5ccc(-c6cc[nH]c6)cn45)n3)nc2)CC1. The van der Waals surface area contributed by atoms with Gasteiger partial charge in [-0.15, -0.1) is 0 Å². The number of aromatic nitrogens is 6. The number of fused-ring (bicyclic) bond motifs is 1. The van der Waals surface area contributed by atoms with Gasteiger partial charge in [-0.3, -0.25) is 4.40 Å². The normalized spacial score (nSPS) is 13.6. The second-order valence-corrected chi connectivity index (χ2v) is 8.52. The standard InChI is InChI=1S/C26H24N9O/c1-18(36)33-10-12-34(13-11-33)21-3-4-24(29-15-21)32-26-28-9-7-22(31-26)23-16-30-25-5-2-20(17-35(23)25)19-6-8-27-14-19/h2-10,14-17,27H,11-13H2,1H3,(H,28,29,31,32)/q+1. The molecule has 0 spiro atoms. The topological polar surface area (TPSA) is 107 Å². The molecular formula is C26H24N9O+. The van der Waals surface area contributed by atoms with E-state index in [2.05, 4.69) is 42.4 Å². The fourth-order valence-corrected chi connectivity index (χ4v) is 4.30. The summed E-state index contributed by atoms with van der Waals surface area (Å²) in [7, 11) is 0. The summed E-state index contributed by atoms with van der Waals surface area (Å²) < 4.78 is 3.78. The number of H-pyrrole nitrogens is 1. The van der Waals surface area contributed by atoms with E-state index >= 15 is 0 Å². The third kappa shape index (κ3) is 4.20. The first-order valence-corrected chi connectivity index (χ1v) is 11.7. The van der Waals surface area contributed by atoms with Crippen LogP contribution in [0.15, 0.2) is 73.6 Å². The number of hydrogen-bond acceptors (Lipinski definition) is 7. The Kier molecular flexibility index (Phi) is 5.45. The number of anilines is 3. The van der Waals surface area contributed by atoms with Gasteiger partial charge < -0.3 is 15.2 Å². The zero-order chi connectivity index (χ0) is 24.5. The van der Waals surface area contributed by atoms with E-state index in [1.165, 1.54) is 0 Å². The molecule has 0 saturated heterocycles. The van der Waals surface area contributed by atoms with Gasteiger partial charge in [-0.2, -0.15) is 4.58 Å². The lowest BCUT2D eigenvalue weighted by Gasteiger charge is -2.24. The van der Waals surface area contributed by atoms with Gasteiger partial charge in [0.1, 0.15) is 11.5 Å². The molecule has 10 nitrogen and oxygen atoms in total. The third-order valence-electron chi connectivity index (χ3n) is 6.25. The van der Waals surface area contributed by atoms with Crippen molar-refractivity contribution in [2.24, 2.45) is 0 Å². The molecule has 178 valence electrons. The van der Waals surface area contributed by atoms with Gasteiger partial charge in [-0.25, -0.2) is 24.7 Å². The van der Waals surface area contributed by atoms with Crippen molar-refractivity contribution in [1.29, 1.82) is 0 Å². The van der Waals surface area contributed by atoms with Crippen LogP contribution < -0.4 is 10.2 Å². The van der Waals surface area contributed by atoms with Gasteiger partial charge >= 0.3 is 5.91 Å². The molecule has 6 heterocycles. The predicted octanol–water partition coefficient (Wildman–Crippen LogP) is 3.37. The molecule has 0 radical (unpaired) electrons. The van der Waals surface area contributed by atoms with E-state index in [-0.39, 0.29) is 5.91 Å². The highest BCUT2D eigenvalue weighted by molar-refractivity contribution is 5.73. The van der Waals surface area contributed by atoms with E-state index in [1.807, 2.05) is 65.7 Å². The number of imidazole rings is 1. The van der Waals surface area contributed by atoms with Crippen molar-refractivity contribution in [2.45, 2.75) is 6.92 Å². The summed E-state index contributed by atoms with van der Waals surface area (Å²) in [5, 5.41) is 3.19. The Morgan fingerprint density at radius 3 is 2.75 bits per heavy atom. The van der Waals surface area contributed by atoms with Crippen LogP contribution in [0.1, 0.15) is 6.92 Å². The molecule has 0 bridgehead atoms. The molecule has 2 N–H and O–H groups in total. The minimum absolute atomic E-state index is 0.0691. The van der Waals surface area contributed by atoms with Crippen LogP contribution in [-0.2, 0) is 4.79 Å². The van der Waals surface area contributed by atoms with Crippen molar-refractivity contribution in [1.82, 2.24) is 29.3 Å². The highest BCUT2D eigenvalue weighted by Gasteiger charge is 2.20. The van der Waals surface area contributed by atoms with Crippen molar-refractivity contribution in [3.05, 3.63) is 73.6 Å². The Morgan fingerprint density at radius 2 is 2.00 bits per heavy atom. The number of hydrogen-bond donors (Lipinski definition) is 2. The monoisotopic (exact) mass is 478 g/mol. The molecule has 6 rings (SSSR count). The molecule has 0 fully saturated rings. The van der Waals surface area contributed by atoms with Crippen LogP contribution in [0.3, 0.4) is 0 Å². The molecule has 10 heteroatoms. The van der Waals surface area contributed by atoms with Gasteiger partial charge in [0, 0.05) is 30.4 Å². The van der Waals surface area contributed by atoms with E-state index < -0.39 is 0 Å². The van der Waals surface area contributed by atoms with E-state index in [1.54, 1.807) is 17.7 Å². The van der Waals surface area contributed by atoms with Gasteiger partial charge in [0.15, 0.2) is 12.8 Å². The second-order valence-electron chi connectivity index (χ2n) is 8.52. The average molecular weight is 479 g/mol. The summed E-state index contributed by atoms with van der Waals surface area (Å²) >= 11 is 0. The van der Waals surface area contributed by atoms with Gasteiger partial charge in [0.05, 0.1) is 49.5 Å². The maximum Gasteiger partial charge on any atom is 0.383 e. The number of rotatable bonds is 5. The van der Waals surface area contributed by atoms with Crippen LogP contribution in [0.25, 0.3) is 28.2 Å². The van der Waals surface area contributed by atoms with Gasteiger partial charge in [0.25, 0.3) is 0 Å². The summed E-state index contributed by atoms with van der Waals surface area (Å²) in [4.78, 5) is 35.0. The first kappa shape index (κ1) is 21.7. The van der Waals surface area contributed by atoms with Crippen LogP contribution in [-0.4, -0.2) is 65.7 Å². The maximum atomic E-state index is 11.5. The van der Waals surface area contributed by atoms with Crippen LogP contribution in [0, 0.1) is 0 Å². The zero-order valence-corrected chi connectivity index (χ0v) is 19.7. The number of aromatic amines is 1. The van der Waals surface area contributed by atoms with Crippen LogP contribution in [0.5, 0.6) is 0 Å². The minimum Gasteiger partial charge on any atom is -0.367 e. The quantitative estimate of drug-likeness (QED) is 0.373. The van der Waals surface area contributed by atoms with Crippen LogP contribution >= 0.6 is 0 Å². The number of amides is 1. The number of nitrogens with zero attached hydrogens (tertiary/aromatic N) is 7. The molecule has 1 aliphatic heterocycles. The molecule has 5 aromatic rings. The predicted molar refractivity (Wildman–Crippen MR) is 138 cm³/mol. The Hall–Kier alpha value is -4.86. The molecule has 1 aliphatic rings. The molecule has 36 heavy (non-hydrogen) atoms. The fraction of sp³-hybridized carbons (Fsp3) is 0.154. The number of carbonyl (C=O) groups is 1. The highest BCUT2D eigenvalue weighted by atomic mass is 16.1. The lowest BCUT2D eigenvalue weighted by atomic mass is 10.1. The van der Waals surface area contributed by atoms with Crippen LogP contribution in [0.4, 0.5) is 17.5 Å². The van der Waals surface area contributed by atoms with E-state index in [0.29, 0.717) is 24.9 Å². The van der Waals surface area contributed by atoms with Crippen molar-refractivity contribution in [3.8, 4) is 22.5 Å². The lowest BCUT2D eigenvalue weighted by Crippen LogP contribution is -2.41. The molecule has 0 aliphatic carbocycles. The number of carbonyl (C=O) groups excluding carboxylic acids is 1. The molecule has 0 saturated carbocycles. The molecule has 0 atom stereocenters. The van der Waals surface area contributed by atoms with Crippen molar-refractivity contribution >= 4 is 35.2 Å². The van der Waals surface area contributed by atoms with E-state index in [9.17, 15) is 4.79 Å². The Labute approximate surface area is 207 Å². The third-order valence-corrected chi connectivity index (χ3v) is 6.25. The lowest BCUT2D eigenvalue weighted by molar-refractivity contribution is -0.443. The summed E-state index contributed by atoms with van der Waals surface area (Å²) in [6, 6.07) is 11.9. The van der Waals surface area contributed by atoms with Gasteiger partial charge in [0.2, 0.25) is 5.95 Å². The first-order valence-electron chi connectivity index (χ1n) is 11.7. The first-order chi connectivity index (χ1) is 17.6. The van der Waals surface area contributed by atoms with E-state index in [4.69, 9.17) is 4.98 Å². The van der Waals surface area contributed by atoms with E-state index in [0.717, 1.165) is 40.4 Å². The van der Waals surface area contributed by atoms with Crippen molar-refractivity contribution in [3.63, 3.8) is 0 Å². The molecular weight excluding hydrogens is 454 g/mol. The smallest absolute Gasteiger partial charge is 0.367 e. The molecule has 0 aromatic carbocycles. The summed E-state index contributed by atoms with van der Waals surface area (Å²) in [6.07, 6.45) is 13.2.